The number of likely N-dealkylation sites (tertiary alicyclic amines) is 1. The van der Waals surface area contributed by atoms with E-state index >= 15 is 0 Å². The van der Waals surface area contributed by atoms with E-state index in [2.05, 4.69) is 15.6 Å². The van der Waals surface area contributed by atoms with Crippen LogP contribution in [0.3, 0.4) is 0 Å². The Balaban J connectivity index is 1.56. The van der Waals surface area contributed by atoms with E-state index in [9.17, 15) is 14.0 Å². The second kappa shape index (κ2) is 9.91. The average Bonchev–Trinajstić information content (AvgIpc) is 2.73. The van der Waals surface area contributed by atoms with Gasteiger partial charge in [0, 0.05) is 24.8 Å². The van der Waals surface area contributed by atoms with Crippen LogP contribution in [0.25, 0.3) is 0 Å². The minimum Gasteiger partial charge on any atom is -0.488 e. The number of pyridine rings is 1. The molecule has 3 rings (SSSR count). The molecule has 1 fully saturated rings. The molecule has 3 amide bonds. The van der Waals surface area contributed by atoms with E-state index in [4.69, 9.17) is 9.47 Å². The average molecular weight is 416 g/mol. The first-order valence-electron chi connectivity index (χ1n) is 9.69. The molecule has 1 atom stereocenters. The number of piperidine rings is 1. The summed E-state index contributed by atoms with van der Waals surface area (Å²) in [6.07, 6.45) is 2.44. The van der Waals surface area contributed by atoms with Gasteiger partial charge in [-0.25, -0.2) is 14.0 Å². The number of amides is 3. The highest BCUT2D eigenvalue weighted by Crippen LogP contribution is 2.22. The molecule has 1 aromatic heterocycles. The smallest absolute Gasteiger partial charge is 0.409 e. The molecule has 1 aliphatic heterocycles. The summed E-state index contributed by atoms with van der Waals surface area (Å²) in [5, 5.41) is 5.35. The zero-order chi connectivity index (χ0) is 21.5. The number of urea groups is 1. The van der Waals surface area contributed by atoms with Crippen LogP contribution < -0.4 is 15.4 Å². The third-order valence-corrected chi connectivity index (χ3v) is 4.67. The summed E-state index contributed by atoms with van der Waals surface area (Å²) in [6.45, 7) is 2.96. The Labute approximate surface area is 174 Å². The Morgan fingerprint density at radius 2 is 2.13 bits per heavy atom. The van der Waals surface area contributed by atoms with Gasteiger partial charge in [0.2, 0.25) is 0 Å². The lowest BCUT2D eigenvalue weighted by molar-refractivity contribution is 0.0692. The quantitative estimate of drug-likeness (QED) is 0.779. The Morgan fingerprint density at radius 3 is 2.87 bits per heavy atom. The lowest BCUT2D eigenvalue weighted by Crippen LogP contribution is -2.44. The predicted molar refractivity (Wildman–Crippen MR) is 109 cm³/mol. The first-order chi connectivity index (χ1) is 14.4. The number of ether oxygens (including phenoxy) is 2. The van der Waals surface area contributed by atoms with Crippen molar-refractivity contribution < 1.29 is 23.5 Å². The number of aromatic nitrogens is 1. The van der Waals surface area contributed by atoms with E-state index in [1.54, 1.807) is 29.3 Å². The maximum absolute atomic E-state index is 14.0. The highest BCUT2D eigenvalue weighted by molar-refractivity contribution is 5.88. The summed E-state index contributed by atoms with van der Waals surface area (Å²) in [7, 11) is 1.34. The van der Waals surface area contributed by atoms with Gasteiger partial charge in [-0.3, -0.25) is 4.98 Å². The third-order valence-electron chi connectivity index (χ3n) is 4.67. The van der Waals surface area contributed by atoms with Crippen molar-refractivity contribution >= 4 is 17.8 Å². The largest absolute Gasteiger partial charge is 0.488 e. The maximum atomic E-state index is 14.0. The number of rotatable bonds is 5. The maximum Gasteiger partial charge on any atom is 0.409 e. The van der Waals surface area contributed by atoms with Crippen LogP contribution in [0.15, 0.2) is 36.5 Å². The molecule has 1 aliphatic rings. The molecule has 0 radical (unpaired) electrons. The molecule has 2 aromatic rings. The van der Waals surface area contributed by atoms with Crippen LogP contribution in [-0.2, 0) is 11.3 Å². The van der Waals surface area contributed by atoms with Crippen molar-refractivity contribution in [2.24, 2.45) is 0 Å². The normalized spacial score (nSPS) is 16.0. The van der Waals surface area contributed by atoms with Gasteiger partial charge in [0.15, 0.2) is 0 Å². The van der Waals surface area contributed by atoms with Crippen LogP contribution >= 0.6 is 0 Å². The highest BCUT2D eigenvalue weighted by Gasteiger charge is 2.25. The van der Waals surface area contributed by atoms with Gasteiger partial charge in [-0.15, -0.1) is 0 Å². The number of carbonyl (C=O) groups is 2. The van der Waals surface area contributed by atoms with E-state index in [1.807, 2.05) is 6.92 Å². The van der Waals surface area contributed by atoms with E-state index in [-0.39, 0.29) is 12.6 Å². The molecule has 0 bridgehead atoms. The fraction of sp³-hybridized carbons (Fsp3) is 0.381. The molecule has 30 heavy (non-hydrogen) atoms. The molecular formula is C21H25FN4O4. The number of halogens is 1. The lowest BCUT2D eigenvalue weighted by atomic mass is 10.1. The summed E-state index contributed by atoms with van der Waals surface area (Å²) in [6, 6.07) is 7.42. The molecule has 8 nitrogen and oxygen atoms in total. The Kier molecular flexibility index (Phi) is 7.05. The van der Waals surface area contributed by atoms with Crippen LogP contribution in [0.4, 0.5) is 19.7 Å². The van der Waals surface area contributed by atoms with Crippen LogP contribution in [0.1, 0.15) is 24.1 Å². The fourth-order valence-corrected chi connectivity index (χ4v) is 3.21. The molecule has 2 heterocycles. The van der Waals surface area contributed by atoms with Gasteiger partial charge in [-0.2, -0.15) is 0 Å². The topological polar surface area (TPSA) is 92.8 Å². The second-order valence-electron chi connectivity index (χ2n) is 7.09. The van der Waals surface area contributed by atoms with Gasteiger partial charge < -0.3 is 25.0 Å². The van der Waals surface area contributed by atoms with E-state index < -0.39 is 17.9 Å². The molecular weight excluding hydrogens is 391 g/mol. The summed E-state index contributed by atoms with van der Waals surface area (Å²) in [5.41, 5.74) is 1.97. The molecule has 0 saturated carbocycles. The van der Waals surface area contributed by atoms with E-state index in [0.29, 0.717) is 30.1 Å². The molecule has 0 aliphatic carbocycles. The number of benzene rings is 1. The van der Waals surface area contributed by atoms with Crippen molar-refractivity contribution in [3.05, 3.63) is 53.6 Å². The number of aryl methyl sites for hydroxylation is 1. The molecule has 2 N–H and O–H groups in total. The monoisotopic (exact) mass is 416 g/mol. The Morgan fingerprint density at radius 1 is 1.30 bits per heavy atom. The molecule has 0 spiro atoms. The molecule has 1 aromatic carbocycles. The number of anilines is 1. The van der Waals surface area contributed by atoms with Gasteiger partial charge >= 0.3 is 12.1 Å². The first-order valence-corrected chi connectivity index (χ1v) is 9.69. The van der Waals surface area contributed by atoms with Crippen LogP contribution in [-0.4, -0.2) is 48.3 Å². The van der Waals surface area contributed by atoms with Crippen molar-refractivity contribution in [3.8, 4) is 5.75 Å². The van der Waals surface area contributed by atoms with Crippen molar-refractivity contribution in [2.45, 2.75) is 32.4 Å². The molecule has 1 saturated heterocycles. The summed E-state index contributed by atoms with van der Waals surface area (Å²) < 4.78 is 24.7. The van der Waals surface area contributed by atoms with Crippen LogP contribution in [0.2, 0.25) is 0 Å². The van der Waals surface area contributed by atoms with Crippen molar-refractivity contribution in [1.82, 2.24) is 15.2 Å². The van der Waals surface area contributed by atoms with Gasteiger partial charge in [0.05, 0.1) is 25.5 Å². The number of nitrogens with zero attached hydrogens (tertiary/aromatic N) is 2. The number of hydrogen-bond donors (Lipinski definition) is 2. The standard InChI is InChI=1S/C21H25FN4O4/c1-14-5-6-17(12-23-14)25-20(27)24-11-15-8-16(22)10-19(9-15)30-18-4-3-7-26(13-18)21(28)29-2/h5-6,8-10,12,18H,3-4,7,11,13H2,1-2H3,(H2,24,25,27)/t18-/m1/s1. The minimum absolute atomic E-state index is 0.123. The van der Waals surface area contributed by atoms with Crippen LogP contribution in [0.5, 0.6) is 5.75 Å². The number of methoxy groups -OCH3 is 1. The highest BCUT2D eigenvalue weighted by atomic mass is 19.1. The van der Waals surface area contributed by atoms with Crippen molar-refractivity contribution in [3.63, 3.8) is 0 Å². The number of hydrogen-bond acceptors (Lipinski definition) is 5. The van der Waals surface area contributed by atoms with Gasteiger partial charge in [-0.05, 0) is 49.6 Å². The zero-order valence-electron chi connectivity index (χ0n) is 17.0. The van der Waals surface area contributed by atoms with Crippen LogP contribution in [0, 0.1) is 12.7 Å². The lowest BCUT2D eigenvalue weighted by Gasteiger charge is -2.31. The molecule has 160 valence electrons. The second-order valence-corrected chi connectivity index (χ2v) is 7.09. The predicted octanol–water partition coefficient (Wildman–Crippen LogP) is 3.46. The van der Waals surface area contributed by atoms with Crippen molar-refractivity contribution in [2.75, 3.05) is 25.5 Å². The minimum atomic E-state index is -0.465. The summed E-state index contributed by atoms with van der Waals surface area (Å²) >= 11 is 0. The van der Waals surface area contributed by atoms with E-state index in [0.717, 1.165) is 18.5 Å². The fourth-order valence-electron chi connectivity index (χ4n) is 3.21. The third kappa shape index (κ3) is 6.07. The summed E-state index contributed by atoms with van der Waals surface area (Å²) in [5.74, 6) is -0.111. The van der Waals surface area contributed by atoms with Crippen molar-refractivity contribution in [1.29, 1.82) is 0 Å². The van der Waals surface area contributed by atoms with Gasteiger partial charge in [-0.1, -0.05) is 0 Å². The molecule has 0 unspecified atom stereocenters. The molecule has 9 heteroatoms. The zero-order valence-corrected chi connectivity index (χ0v) is 17.0. The summed E-state index contributed by atoms with van der Waals surface area (Å²) in [4.78, 5) is 29.4. The Hall–Kier alpha value is -3.36. The SMILES string of the molecule is COC(=O)N1CCC[C@@H](Oc2cc(F)cc(CNC(=O)Nc3ccc(C)nc3)c2)C1. The first kappa shape index (κ1) is 21.4. The Bertz CT molecular complexity index is 891. The number of carbonyl (C=O) groups excluding carboxylic acids is 2. The van der Waals surface area contributed by atoms with E-state index in [1.165, 1.54) is 19.2 Å². The van der Waals surface area contributed by atoms with Gasteiger partial charge in [0.25, 0.3) is 0 Å². The number of nitrogens with one attached hydrogen (secondary N) is 2. The van der Waals surface area contributed by atoms with Gasteiger partial charge in [0.1, 0.15) is 17.7 Å².